The van der Waals surface area contributed by atoms with E-state index in [-0.39, 0.29) is 10.4 Å². The van der Waals surface area contributed by atoms with E-state index in [2.05, 4.69) is 21.5 Å². The van der Waals surface area contributed by atoms with Crippen molar-refractivity contribution in [3.8, 4) is 0 Å². The Morgan fingerprint density at radius 1 is 1.19 bits per heavy atom. The van der Waals surface area contributed by atoms with Gasteiger partial charge in [-0.25, -0.2) is 14.6 Å². The molecule has 3 heterocycles. The first-order chi connectivity index (χ1) is 16.6. The number of thiazole rings is 1. The maximum Gasteiger partial charge on any atom is 0.490 e. The number of hydrogen-bond donors (Lipinski definition) is 3. The molecule has 1 aliphatic heterocycles. The van der Waals surface area contributed by atoms with E-state index in [0.717, 1.165) is 30.9 Å². The van der Waals surface area contributed by atoms with Crippen molar-refractivity contribution in [1.82, 2.24) is 20.1 Å². The lowest BCUT2D eigenvalue weighted by molar-refractivity contribution is -0.193. The van der Waals surface area contributed by atoms with E-state index < -0.39 is 24.3 Å². The third-order valence-corrected chi connectivity index (χ3v) is 5.71. The van der Waals surface area contributed by atoms with Gasteiger partial charge in [0.25, 0.3) is 0 Å². The summed E-state index contributed by atoms with van der Waals surface area (Å²) in [6.45, 7) is 4.11. The van der Waals surface area contributed by atoms with E-state index in [1.807, 2.05) is 27.8 Å². The van der Waals surface area contributed by atoms with E-state index in [4.69, 9.17) is 19.8 Å². The van der Waals surface area contributed by atoms with Crippen LogP contribution in [0.1, 0.15) is 24.7 Å². The van der Waals surface area contributed by atoms with Gasteiger partial charge in [0, 0.05) is 30.3 Å². The summed E-state index contributed by atoms with van der Waals surface area (Å²) in [4.78, 5) is 33.4. The van der Waals surface area contributed by atoms with Crippen LogP contribution in [0.25, 0.3) is 6.08 Å². The van der Waals surface area contributed by atoms with Gasteiger partial charge in [0.05, 0.1) is 23.4 Å². The highest BCUT2D eigenvalue weighted by atomic mass is 32.2. The molecule has 0 spiro atoms. The first-order valence-electron chi connectivity index (χ1n) is 9.68. The van der Waals surface area contributed by atoms with Crippen LogP contribution < -0.4 is 5.32 Å². The maximum atomic E-state index is 11.4. The summed E-state index contributed by atoms with van der Waals surface area (Å²) in [5, 5.41) is 24.7. The molecule has 0 aliphatic carbocycles. The van der Waals surface area contributed by atoms with Gasteiger partial charge in [-0.3, -0.25) is 9.48 Å². The lowest BCUT2D eigenvalue weighted by Gasteiger charge is -2.24. The molecule has 2 aromatic heterocycles. The predicted molar refractivity (Wildman–Crippen MR) is 118 cm³/mol. The molecule has 200 valence electrons. The number of alkyl halides is 6. The highest BCUT2D eigenvalue weighted by Gasteiger charge is 2.38. The molecule has 1 atom stereocenters. The van der Waals surface area contributed by atoms with Gasteiger partial charge in [0.2, 0.25) is 0 Å². The van der Waals surface area contributed by atoms with E-state index in [0.29, 0.717) is 6.54 Å². The minimum atomic E-state index is -5.08. The van der Waals surface area contributed by atoms with Crippen LogP contribution in [0.3, 0.4) is 0 Å². The molecule has 0 amide bonds. The minimum Gasteiger partial charge on any atom is -0.475 e. The molecule has 3 rings (SSSR count). The van der Waals surface area contributed by atoms with Crippen LogP contribution in [-0.2, 0) is 20.9 Å². The van der Waals surface area contributed by atoms with E-state index in [1.54, 1.807) is 18.3 Å². The fourth-order valence-corrected chi connectivity index (χ4v) is 3.95. The first kappa shape index (κ1) is 31.1. The van der Waals surface area contributed by atoms with Crippen molar-refractivity contribution in [3.05, 3.63) is 40.1 Å². The smallest absolute Gasteiger partial charge is 0.475 e. The molecule has 0 aromatic carbocycles. The van der Waals surface area contributed by atoms with E-state index >= 15 is 0 Å². The third-order valence-electron chi connectivity index (χ3n) is 3.92. The topological polar surface area (TPSA) is 134 Å². The van der Waals surface area contributed by atoms with Gasteiger partial charge in [-0.2, -0.15) is 31.4 Å². The van der Waals surface area contributed by atoms with E-state index in [1.165, 1.54) is 17.3 Å². The predicted octanol–water partition coefficient (Wildman–Crippen LogP) is 3.68. The highest BCUT2D eigenvalue weighted by Crippen LogP contribution is 2.26. The van der Waals surface area contributed by atoms with Crippen LogP contribution in [0.4, 0.5) is 26.3 Å². The number of nitrogens with one attached hydrogen (secondary N) is 1. The molecule has 1 saturated heterocycles. The molecular formula is C19H20F6N4O5S2. The summed E-state index contributed by atoms with van der Waals surface area (Å²) in [5.41, 5.74) is 5.03. The Morgan fingerprint density at radius 2 is 1.78 bits per heavy atom. The number of carbonyl (C=O) groups is 3. The Bertz CT molecular complexity index is 1010. The molecule has 1 aliphatic rings. The quantitative estimate of drug-likeness (QED) is 0.477. The van der Waals surface area contributed by atoms with Crippen LogP contribution >= 0.6 is 23.1 Å². The SMILES string of the molecule is CC(=O)SC1CCNC/C1=C\c1ccn(Cc2cscn2)n1.O=C(O)C(F)(F)F.O=C(O)C(F)(F)F. The minimum absolute atomic E-state index is 0.173. The lowest BCUT2D eigenvalue weighted by atomic mass is 10.0. The second-order valence-electron chi connectivity index (χ2n) is 6.81. The van der Waals surface area contributed by atoms with Gasteiger partial charge in [-0.05, 0) is 30.7 Å². The number of hydrogen-bond acceptors (Lipinski definition) is 8. The number of nitrogens with zero attached hydrogens (tertiary/aromatic N) is 3. The van der Waals surface area contributed by atoms with Gasteiger partial charge < -0.3 is 15.5 Å². The van der Waals surface area contributed by atoms with Gasteiger partial charge >= 0.3 is 24.3 Å². The Labute approximate surface area is 208 Å². The lowest BCUT2D eigenvalue weighted by Crippen LogP contribution is -2.32. The monoisotopic (exact) mass is 562 g/mol. The number of aliphatic carboxylic acids is 2. The molecule has 0 bridgehead atoms. The molecule has 0 saturated carbocycles. The number of thioether (sulfide) groups is 1. The number of halogens is 6. The normalized spacial score (nSPS) is 16.9. The number of carbonyl (C=O) groups excluding carboxylic acids is 1. The maximum absolute atomic E-state index is 11.4. The summed E-state index contributed by atoms with van der Waals surface area (Å²) < 4.78 is 65.4. The average molecular weight is 563 g/mol. The molecule has 9 nitrogen and oxygen atoms in total. The zero-order chi connectivity index (χ0) is 27.5. The molecule has 1 fully saturated rings. The highest BCUT2D eigenvalue weighted by molar-refractivity contribution is 8.14. The fraction of sp³-hybridized carbons (Fsp3) is 0.421. The average Bonchev–Trinajstić information content (AvgIpc) is 3.41. The van der Waals surface area contributed by atoms with Gasteiger partial charge in [-0.1, -0.05) is 11.8 Å². The van der Waals surface area contributed by atoms with Crippen LogP contribution in [0.5, 0.6) is 0 Å². The zero-order valence-electron chi connectivity index (χ0n) is 18.3. The third kappa shape index (κ3) is 12.2. The largest absolute Gasteiger partial charge is 0.490 e. The zero-order valence-corrected chi connectivity index (χ0v) is 20.0. The van der Waals surface area contributed by atoms with Gasteiger partial charge in [-0.15, -0.1) is 11.3 Å². The van der Waals surface area contributed by atoms with Crippen molar-refractivity contribution in [1.29, 1.82) is 0 Å². The first-order valence-corrected chi connectivity index (χ1v) is 11.5. The van der Waals surface area contributed by atoms with Crippen LogP contribution in [0.2, 0.25) is 0 Å². The molecule has 17 heteroatoms. The van der Waals surface area contributed by atoms with Crippen molar-refractivity contribution in [2.24, 2.45) is 0 Å². The molecule has 3 N–H and O–H groups in total. The van der Waals surface area contributed by atoms with Crippen molar-refractivity contribution in [2.75, 3.05) is 13.1 Å². The fourth-order valence-electron chi connectivity index (χ4n) is 2.46. The van der Waals surface area contributed by atoms with Crippen LogP contribution in [-0.4, -0.2) is 72.7 Å². The van der Waals surface area contributed by atoms with Crippen molar-refractivity contribution >= 4 is 46.2 Å². The summed E-state index contributed by atoms with van der Waals surface area (Å²) in [6, 6.07) is 2.00. The molecule has 0 radical (unpaired) electrons. The number of carboxylic acids is 2. The van der Waals surface area contributed by atoms with Crippen LogP contribution in [0, 0.1) is 0 Å². The van der Waals surface area contributed by atoms with Gasteiger partial charge in [0.15, 0.2) is 5.12 Å². The Hall–Kier alpha value is -2.92. The summed E-state index contributed by atoms with van der Waals surface area (Å²) in [5.74, 6) is -5.51. The van der Waals surface area contributed by atoms with Crippen molar-refractivity contribution in [2.45, 2.75) is 37.5 Å². The van der Waals surface area contributed by atoms with E-state index in [9.17, 15) is 31.1 Å². The molecule has 36 heavy (non-hydrogen) atoms. The summed E-state index contributed by atoms with van der Waals surface area (Å²) >= 11 is 3.02. The summed E-state index contributed by atoms with van der Waals surface area (Å²) in [6.07, 6.45) is -5.12. The second kappa shape index (κ2) is 14.0. The Morgan fingerprint density at radius 3 is 2.25 bits per heavy atom. The standard InChI is InChI=1S/C15H18N4OS2.2C2HF3O2/c1-11(20)22-15-2-4-16-7-12(15)6-13-3-5-19(18-13)8-14-9-21-10-17-14;2*3-2(4,5)1(6)7/h3,5-6,9-10,15-16H,2,4,7-8H2,1H3;2*(H,6,7)/b12-6+;;. The van der Waals surface area contributed by atoms with Gasteiger partial charge in [0.1, 0.15) is 0 Å². The second-order valence-corrected chi connectivity index (χ2v) is 8.90. The van der Waals surface area contributed by atoms with Crippen molar-refractivity contribution < 1.29 is 50.9 Å². The number of rotatable bonds is 4. The number of aromatic nitrogens is 3. The van der Waals surface area contributed by atoms with Crippen molar-refractivity contribution in [3.63, 3.8) is 0 Å². The number of piperidine rings is 1. The Kier molecular flexibility index (Phi) is 12.1. The Balaban J connectivity index is 0.000000383. The molecule has 2 aromatic rings. The molecular weight excluding hydrogens is 542 g/mol. The summed E-state index contributed by atoms with van der Waals surface area (Å²) in [7, 11) is 0. The number of carboxylic acid groups (broad SMARTS) is 2. The molecule has 1 unspecified atom stereocenters. The van der Waals surface area contributed by atoms with Crippen LogP contribution in [0.15, 0.2) is 28.7 Å².